The van der Waals surface area contributed by atoms with Gasteiger partial charge < -0.3 is 4.52 Å². The zero-order valence-electron chi connectivity index (χ0n) is 8.12. The molecule has 4 heteroatoms. The highest BCUT2D eigenvalue weighted by molar-refractivity contribution is 9.11. The molecule has 0 saturated heterocycles. The minimum Gasteiger partial charge on any atom is -0.339 e. The Morgan fingerprint density at radius 3 is 2.71 bits per heavy atom. The quantitative estimate of drug-likeness (QED) is 0.778. The van der Waals surface area contributed by atoms with Crippen molar-refractivity contribution in [1.29, 1.82) is 0 Å². The van der Waals surface area contributed by atoms with Gasteiger partial charge in [0.2, 0.25) is 11.7 Å². The molecule has 0 aliphatic carbocycles. The summed E-state index contributed by atoms with van der Waals surface area (Å²) in [6.07, 6.45) is 5.65. The maximum Gasteiger partial charge on any atom is 0.223 e. The highest BCUT2D eigenvalue weighted by Crippen LogP contribution is 2.13. The molecule has 0 fully saturated rings. The summed E-state index contributed by atoms with van der Waals surface area (Å²) >= 11 is 3.35. The Morgan fingerprint density at radius 1 is 1.50 bits per heavy atom. The van der Waals surface area contributed by atoms with Crippen LogP contribution in [0, 0.1) is 6.92 Å². The summed E-state index contributed by atoms with van der Waals surface area (Å²) in [5.74, 6) is 1.06. The molecule has 0 amide bonds. The molecule has 0 spiro atoms. The topological polar surface area (TPSA) is 38.9 Å². The molecule has 0 saturated carbocycles. The first-order valence-corrected chi connectivity index (χ1v) is 4.92. The second-order valence-corrected chi connectivity index (χ2v) is 3.58. The third kappa shape index (κ3) is 2.96. The maximum absolute atomic E-state index is 4.84. The SMILES string of the molecule is C=C(/C=C\C(Br)=C/C)c1noc(C)n1. The van der Waals surface area contributed by atoms with Crippen LogP contribution in [-0.2, 0) is 0 Å². The molecule has 74 valence electrons. The lowest BCUT2D eigenvalue weighted by Gasteiger charge is -1.90. The smallest absolute Gasteiger partial charge is 0.223 e. The second-order valence-electron chi connectivity index (χ2n) is 2.67. The van der Waals surface area contributed by atoms with Gasteiger partial charge in [-0.2, -0.15) is 4.98 Å². The highest BCUT2D eigenvalue weighted by atomic mass is 79.9. The highest BCUT2D eigenvalue weighted by Gasteiger charge is 2.02. The summed E-state index contributed by atoms with van der Waals surface area (Å²) in [6.45, 7) is 7.51. The van der Waals surface area contributed by atoms with E-state index in [1.54, 1.807) is 6.92 Å². The van der Waals surface area contributed by atoms with Gasteiger partial charge >= 0.3 is 0 Å². The molecule has 0 unspecified atom stereocenters. The van der Waals surface area contributed by atoms with Crippen LogP contribution < -0.4 is 0 Å². The lowest BCUT2D eigenvalue weighted by atomic mass is 10.2. The van der Waals surface area contributed by atoms with Crippen LogP contribution in [0.2, 0.25) is 0 Å². The number of halogens is 1. The number of hydrogen-bond donors (Lipinski definition) is 0. The van der Waals surface area contributed by atoms with Gasteiger partial charge in [0, 0.05) is 17.0 Å². The molecule has 0 radical (unpaired) electrons. The normalized spacial score (nSPS) is 12.4. The summed E-state index contributed by atoms with van der Waals surface area (Å²) < 4.78 is 5.82. The van der Waals surface area contributed by atoms with E-state index >= 15 is 0 Å². The Balaban J connectivity index is 2.73. The molecule has 1 heterocycles. The van der Waals surface area contributed by atoms with Crippen molar-refractivity contribution < 1.29 is 4.52 Å². The van der Waals surface area contributed by atoms with Crippen molar-refractivity contribution in [3.8, 4) is 0 Å². The van der Waals surface area contributed by atoms with Crippen LogP contribution in [0.15, 0.2) is 33.8 Å². The summed E-state index contributed by atoms with van der Waals surface area (Å²) in [4.78, 5) is 4.05. The molecule has 0 aliphatic heterocycles. The molecule has 0 aliphatic rings. The molecule has 0 bridgehead atoms. The maximum atomic E-state index is 4.84. The van der Waals surface area contributed by atoms with Crippen LogP contribution in [-0.4, -0.2) is 10.1 Å². The van der Waals surface area contributed by atoms with Crippen LogP contribution in [0.1, 0.15) is 18.6 Å². The van der Waals surface area contributed by atoms with Crippen molar-refractivity contribution in [2.45, 2.75) is 13.8 Å². The lowest BCUT2D eigenvalue weighted by molar-refractivity contribution is 0.391. The Kier molecular flexibility index (Phi) is 3.83. The number of aryl methyl sites for hydroxylation is 1. The molecule has 14 heavy (non-hydrogen) atoms. The van der Waals surface area contributed by atoms with Crippen molar-refractivity contribution in [3.05, 3.63) is 41.0 Å². The van der Waals surface area contributed by atoms with Crippen molar-refractivity contribution in [2.75, 3.05) is 0 Å². The summed E-state index contributed by atoms with van der Waals surface area (Å²) in [5.41, 5.74) is 0.723. The molecular formula is C10H11BrN2O. The number of nitrogens with zero attached hydrogens (tertiary/aromatic N) is 2. The predicted octanol–water partition coefficient (Wildman–Crippen LogP) is 3.25. The van der Waals surface area contributed by atoms with Gasteiger partial charge in [-0.1, -0.05) is 39.8 Å². The minimum absolute atomic E-state index is 0.523. The van der Waals surface area contributed by atoms with Gasteiger partial charge in [0.15, 0.2) is 0 Å². The second kappa shape index (κ2) is 4.91. The number of rotatable bonds is 3. The van der Waals surface area contributed by atoms with E-state index in [2.05, 4.69) is 32.6 Å². The van der Waals surface area contributed by atoms with Crippen LogP contribution >= 0.6 is 15.9 Å². The van der Waals surface area contributed by atoms with E-state index in [1.165, 1.54) is 0 Å². The van der Waals surface area contributed by atoms with Crippen molar-refractivity contribution in [1.82, 2.24) is 10.1 Å². The molecule has 0 atom stereocenters. The van der Waals surface area contributed by atoms with Crippen molar-refractivity contribution in [3.63, 3.8) is 0 Å². The Hall–Kier alpha value is -1.16. The fourth-order valence-corrected chi connectivity index (χ4v) is 0.913. The van der Waals surface area contributed by atoms with Crippen LogP contribution in [0.4, 0.5) is 0 Å². The third-order valence-electron chi connectivity index (χ3n) is 1.53. The van der Waals surface area contributed by atoms with Crippen LogP contribution in [0.5, 0.6) is 0 Å². The van der Waals surface area contributed by atoms with Gasteiger partial charge in [-0.15, -0.1) is 0 Å². The molecule has 1 rings (SSSR count). The lowest BCUT2D eigenvalue weighted by Crippen LogP contribution is -1.81. The van der Waals surface area contributed by atoms with E-state index in [0.29, 0.717) is 11.7 Å². The Bertz CT molecular complexity index is 391. The number of hydrogen-bond acceptors (Lipinski definition) is 3. The molecular weight excluding hydrogens is 244 g/mol. The van der Waals surface area contributed by atoms with Crippen molar-refractivity contribution in [2.24, 2.45) is 0 Å². The fourth-order valence-electron chi connectivity index (χ4n) is 0.781. The van der Waals surface area contributed by atoms with Crippen LogP contribution in [0.25, 0.3) is 5.57 Å². The largest absolute Gasteiger partial charge is 0.339 e. The summed E-state index contributed by atoms with van der Waals surface area (Å²) in [5, 5.41) is 3.75. The van der Waals surface area contributed by atoms with Gasteiger partial charge in [0.1, 0.15) is 0 Å². The third-order valence-corrected chi connectivity index (χ3v) is 2.26. The summed E-state index contributed by atoms with van der Waals surface area (Å²) in [7, 11) is 0. The fraction of sp³-hybridized carbons (Fsp3) is 0.200. The first-order chi connectivity index (χ1) is 6.63. The van der Waals surface area contributed by atoms with Crippen LogP contribution in [0.3, 0.4) is 0 Å². The van der Waals surface area contributed by atoms with Gasteiger partial charge in [-0.05, 0) is 13.0 Å². The monoisotopic (exact) mass is 254 g/mol. The van der Waals surface area contributed by atoms with Crippen molar-refractivity contribution >= 4 is 21.5 Å². The minimum atomic E-state index is 0.523. The zero-order valence-corrected chi connectivity index (χ0v) is 9.71. The van der Waals surface area contributed by atoms with E-state index in [0.717, 1.165) is 10.1 Å². The van der Waals surface area contributed by atoms with Gasteiger partial charge in [-0.25, -0.2) is 0 Å². The first kappa shape index (κ1) is 10.9. The van der Waals surface area contributed by atoms with E-state index in [9.17, 15) is 0 Å². The average Bonchev–Trinajstić information content (AvgIpc) is 2.60. The van der Waals surface area contributed by atoms with E-state index in [4.69, 9.17) is 4.52 Å². The Labute approximate surface area is 91.3 Å². The predicted molar refractivity (Wildman–Crippen MR) is 59.9 cm³/mol. The Morgan fingerprint density at radius 2 is 2.21 bits per heavy atom. The zero-order chi connectivity index (χ0) is 10.6. The van der Waals surface area contributed by atoms with Gasteiger partial charge in [0.25, 0.3) is 0 Å². The molecule has 1 aromatic rings. The molecule has 0 aromatic carbocycles. The van der Waals surface area contributed by atoms with E-state index in [1.807, 2.05) is 25.2 Å². The number of aromatic nitrogens is 2. The molecule has 3 nitrogen and oxygen atoms in total. The average molecular weight is 255 g/mol. The van der Waals surface area contributed by atoms with Gasteiger partial charge in [-0.3, -0.25) is 0 Å². The molecule has 1 aromatic heterocycles. The summed E-state index contributed by atoms with van der Waals surface area (Å²) in [6, 6.07) is 0. The van der Waals surface area contributed by atoms with E-state index < -0.39 is 0 Å². The van der Waals surface area contributed by atoms with Gasteiger partial charge in [0.05, 0.1) is 0 Å². The first-order valence-electron chi connectivity index (χ1n) is 4.13. The standard InChI is InChI=1S/C10H11BrN2O/c1-4-9(11)6-5-7(2)10-12-8(3)14-13-10/h4-6H,2H2,1,3H3/b6-5-,9-4+. The number of allylic oxidation sites excluding steroid dienone is 5. The van der Waals surface area contributed by atoms with E-state index in [-0.39, 0.29) is 0 Å². The molecule has 0 N–H and O–H groups in total.